The summed E-state index contributed by atoms with van der Waals surface area (Å²) in [5.74, 6) is -0.220. The maximum atomic E-state index is 12.5. The molecule has 3 heterocycles. The molecule has 2 aromatic heterocycles. The van der Waals surface area contributed by atoms with Gasteiger partial charge in [0, 0.05) is 41.7 Å². The quantitative estimate of drug-likeness (QED) is 0.676. The van der Waals surface area contributed by atoms with Crippen LogP contribution in [0.1, 0.15) is 32.9 Å². The van der Waals surface area contributed by atoms with E-state index in [2.05, 4.69) is 57.9 Å². The molecule has 128 valence electrons. The van der Waals surface area contributed by atoms with Crippen LogP contribution in [0.4, 0.5) is 5.13 Å². The van der Waals surface area contributed by atoms with Crippen molar-refractivity contribution in [3.05, 3.63) is 51.7 Å². The number of carbonyl (C=O) groups is 1. The summed E-state index contributed by atoms with van der Waals surface area (Å²) < 4.78 is 0. The Morgan fingerprint density at radius 1 is 1.28 bits per heavy atom. The average Bonchev–Trinajstić information content (AvgIpc) is 3.24. The molecule has 0 saturated heterocycles. The van der Waals surface area contributed by atoms with E-state index >= 15 is 0 Å². The molecule has 1 aliphatic heterocycles. The second-order valence-corrected chi connectivity index (χ2v) is 7.11. The number of anilines is 1. The first-order valence-electron chi connectivity index (χ1n) is 8.23. The van der Waals surface area contributed by atoms with Gasteiger partial charge in [-0.05, 0) is 31.0 Å². The Morgan fingerprint density at radius 2 is 2.16 bits per heavy atom. The number of hydrogen-bond acceptors (Lipinski definition) is 5. The third kappa shape index (κ3) is 3.08. The van der Waals surface area contributed by atoms with Crippen molar-refractivity contribution in [3.63, 3.8) is 0 Å². The highest BCUT2D eigenvalue weighted by molar-refractivity contribution is 7.14. The molecule has 0 aliphatic carbocycles. The van der Waals surface area contributed by atoms with Gasteiger partial charge in [-0.25, -0.2) is 4.98 Å². The first-order valence-corrected chi connectivity index (χ1v) is 9.11. The maximum absolute atomic E-state index is 12.5. The van der Waals surface area contributed by atoms with Crippen LogP contribution in [0.2, 0.25) is 0 Å². The highest BCUT2D eigenvalue weighted by atomic mass is 32.1. The number of benzene rings is 1. The second-order valence-electron chi connectivity index (χ2n) is 6.25. The molecule has 6 nitrogen and oxygen atoms in total. The van der Waals surface area contributed by atoms with Gasteiger partial charge in [-0.2, -0.15) is 5.10 Å². The summed E-state index contributed by atoms with van der Waals surface area (Å²) in [4.78, 5) is 17.1. The average molecular weight is 353 g/mol. The monoisotopic (exact) mass is 353 g/mol. The summed E-state index contributed by atoms with van der Waals surface area (Å²) >= 11 is 1.42. The Kier molecular flexibility index (Phi) is 4.10. The van der Waals surface area contributed by atoms with Gasteiger partial charge in [-0.3, -0.25) is 15.2 Å². The number of H-pyrrole nitrogens is 1. The van der Waals surface area contributed by atoms with E-state index in [1.165, 1.54) is 22.5 Å². The van der Waals surface area contributed by atoms with E-state index in [-0.39, 0.29) is 5.91 Å². The van der Waals surface area contributed by atoms with Gasteiger partial charge in [0.15, 0.2) is 10.8 Å². The molecule has 0 unspecified atom stereocenters. The van der Waals surface area contributed by atoms with Crippen molar-refractivity contribution in [2.75, 3.05) is 11.9 Å². The molecule has 0 atom stereocenters. The second kappa shape index (κ2) is 6.42. The van der Waals surface area contributed by atoms with Crippen molar-refractivity contribution in [1.29, 1.82) is 0 Å². The summed E-state index contributed by atoms with van der Waals surface area (Å²) in [6.45, 7) is 5.75. The number of hydrogen-bond donors (Lipinski definition) is 3. The van der Waals surface area contributed by atoms with Gasteiger partial charge in [0.2, 0.25) is 0 Å². The molecule has 0 radical (unpaired) electrons. The number of fused-ring (bicyclic) bond motifs is 1. The standard InChI is InChI=1S/C18H19N5OS/c1-10-3-4-12(7-11(10)2)15-9-25-18(20-15)21-17(24)16-13-8-19-6-5-14(13)22-23-16/h3-4,7,9,19H,5-6,8H2,1-2H3,(H,22,23)(H,20,21,24). The first-order chi connectivity index (χ1) is 12.1. The number of rotatable bonds is 3. The Balaban J connectivity index is 1.54. The summed E-state index contributed by atoms with van der Waals surface area (Å²) in [5, 5.41) is 15.8. The van der Waals surface area contributed by atoms with Crippen molar-refractivity contribution in [1.82, 2.24) is 20.5 Å². The molecular weight excluding hydrogens is 334 g/mol. The largest absolute Gasteiger partial charge is 0.312 e. The van der Waals surface area contributed by atoms with Crippen LogP contribution in [0.25, 0.3) is 11.3 Å². The van der Waals surface area contributed by atoms with Crippen LogP contribution in [0.5, 0.6) is 0 Å². The van der Waals surface area contributed by atoms with Gasteiger partial charge in [0.1, 0.15) is 0 Å². The molecule has 3 N–H and O–H groups in total. The molecule has 1 aliphatic rings. The predicted molar refractivity (Wildman–Crippen MR) is 99.0 cm³/mol. The lowest BCUT2D eigenvalue weighted by Gasteiger charge is -2.12. The van der Waals surface area contributed by atoms with Crippen LogP contribution < -0.4 is 10.6 Å². The minimum atomic E-state index is -0.220. The lowest BCUT2D eigenvalue weighted by atomic mass is 10.1. The molecule has 1 aromatic carbocycles. The molecule has 3 aromatic rings. The summed E-state index contributed by atoms with van der Waals surface area (Å²) in [5.41, 5.74) is 6.85. The lowest BCUT2D eigenvalue weighted by molar-refractivity contribution is 0.102. The smallest absolute Gasteiger partial charge is 0.278 e. The zero-order valence-corrected chi connectivity index (χ0v) is 15.0. The van der Waals surface area contributed by atoms with Crippen LogP contribution in [-0.4, -0.2) is 27.6 Å². The molecule has 0 fully saturated rings. The predicted octanol–water partition coefficient (Wildman–Crippen LogP) is 3.05. The SMILES string of the molecule is Cc1ccc(-c2csc(NC(=O)c3n[nH]c4c3CNCC4)n2)cc1C. The Bertz CT molecular complexity index is 943. The van der Waals surface area contributed by atoms with E-state index < -0.39 is 0 Å². The van der Waals surface area contributed by atoms with Gasteiger partial charge < -0.3 is 5.32 Å². The van der Waals surface area contributed by atoms with E-state index in [1.54, 1.807) is 0 Å². The maximum Gasteiger partial charge on any atom is 0.278 e. The van der Waals surface area contributed by atoms with Crippen LogP contribution >= 0.6 is 11.3 Å². The van der Waals surface area contributed by atoms with Crippen LogP contribution in [0.3, 0.4) is 0 Å². The van der Waals surface area contributed by atoms with Gasteiger partial charge in [-0.1, -0.05) is 12.1 Å². The fraction of sp³-hybridized carbons (Fsp3) is 0.278. The summed E-state index contributed by atoms with van der Waals surface area (Å²) in [6, 6.07) is 6.26. The number of amides is 1. The normalized spacial score (nSPS) is 13.5. The van der Waals surface area contributed by atoms with Crippen molar-refractivity contribution in [3.8, 4) is 11.3 Å². The summed E-state index contributed by atoms with van der Waals surface area (Å²) in [6.07, 6.45) is 0.865. The molecule has 0 spiro atoms. The number of carbonyl (C=O) groups excluding carboxylic acids is 1. The molecule has 7 heteroatoms. The third-order valence-corrected chi connectivity index (χ3v) is 5.31. The number of nitrogens with one attached hydrogen (secondary N) is 3. The fourth-order valence-corrected chi connectivity index (χ4v) is 3.65. The van der Waals surface area contributed by atoms with Crippen molar-refractivity contribution >= 4 is 22.4 Å². The minimum absolute atomic E-state index is 0.220. The molecule has 0 bridgehead atoms. The highest BCUT2D eigenvalue weighted by Gasteiger charge is 2.22. The Morgan fingerprint density at radius 3 is 3.00 bits per heavy atom. The van der Waals surface area contributed by atoms with Crippen molar-refractivity contribution in [2.45, 2.75) is 26.8 Å². The Labute approximate surface area is 149 Å². The molecule has 25 heavy (non-hydrogen) atoms. The molecule has 4 rings (SSSR count). The fourth-order valence-electron chi connectivity index (χ4n) is 2.93. The van der Waals surface area contributed by atoms with E-state index in [4.69, 9.17) is 0 Å². The number of nitrogens with zero attached hydrogens (tertiary/aromatic N) is 2. The van der Waals surface area contributed by atoms with Crippen LogP contribution in [0, 0.1) is 13.8 Å². The number of aryl methyl sites for hydroxylation is 2. The lowest BCUT2D eigenvalue weighted by Crippen LogP contribution is -2.25. The van der Waals surface area contributed by atoms with Gasteiger partial charge in [-0.15, -0.1) is 11.3 Å². The minimum Gasteiger partial charge on any atom is -0.312 e. The highest BCUT2D eigenvalue weighted by Crippen LogP contribution is 2.27. The Hall–Kier alpha value is -2.51. The summed E-state index contributed by atoms with van der Waals surface area (Å²) in [7, 11) is 0. The van der Waals surface area contributed by atoms with Crippen molar-refractivity contribution < 1.29 is 4.79 Å². The van der Waals surface area contributed by atoms with E-state index in [0.29, 0.717) is 17.4 Å². The topological polar surface area (TPSA) is 82.7 Å². The first kappa shape index (κ1) is 16.0. The molecular formula is C18H19N5OS. The van der Waals surface area contributed by atoms with Crippen LogP contribution in [0.15, 0.2) is 23.6 Å². The van der Waals surface area contributed by atoms with Gasteiger partial charge in [0.05, 0.1) is 5.69 Å². The van der Waals surface area contributed by atoms with Crippen molar-refractivity contribution in [2.24, 2.45) is 0 Å². The zero-order valence-electron chi connectivity index (χ0n) is 14.1. The van der Waals surface area contributed by atoms with E-state index in [0.717, 1.165) is 35.5 Å². The van der Waals surface area contributed by atoms with E-state index in [9.17, 15) is 4.79 Å². The zero-order chi connectivity index (χ0) is 17.4. The van der Waals surface area contributed by atoms with E-state index in [1.807, 2.05) is 5.38 Å². The number of aromatic nitrogens is 3. The number of thiazole rings is 1. The number of aromatic amines is 1. The van der Waals surface area contributed by atoms with Crippen LogP contribution in [-0.2, 0) is 13.0 Å². The molecule has 0 saturated carbocycles. The third-order valence-electron chi connectivity index (χ3n) is 4.55. The van der Waals surface area contributed by atoms with Gasteiger partial charge >= 0.3 is 0 Å². The van der Waals surface area contributed by atoms with Gasteiger partial charge in [0.25, 0.3) is 5.91 Å². The molecule has 1 amide bonds.